The molecule has 1 rings (SSSR count). The summed E-state index contributed by atoms with van der Waals surface area (Å²) in [6.07, 6.45) is 2.11. The highest BCUT2D eigenvalue weighted by Gasteiger charge is 2.19. The van der Waals surface area contributed by atoms with E-state index < -0.39 is 0 Å². The highest BCUT2D eigenvalue weighted by Crippen LogP contribution is 2.21. The molecule has 0 radical (unpaired) electrons. The monoisotopic (exact) mass is 255 g/mol. The van der Waals surface area contributed by atoms with Gasteiger partial charge in [-0.2, -0.15) is 0 Å². The lowest BCUT2D eigenvalue weighted by Gasteiger charge is -2.24. The zero-order valence-electron chi connectivity index (χ0n) is 11.2. The summed E-state index contributed by atoms with van der Waals surface area (Å²) in [6.45, 7) is 9.31. The first kappa shape index (κ1) is 14.3. The van der Waals surface area contributed by atoms with Gasteiger partial charge < -0.3 is 4.57 Å². The highest BCUT2D eigenvalue weighted by atomic mass is 35.5. The van der Waals surface area contributed by atoms with Gasteiger partial charge >= 0.3 is 0 Å². The van der Waals surface area contributed by atoms with Crippen molar-refractivity contribution in [2.24, 2.45) is 0 Å². The molecule has 1 heterocycles. The number of alkyl halides is 1. The minimum absolute atomic E-state index is 0.0161. The minimum Gasteiger partial charge on any atom is -0.312 e. The van der Waals surface area contributed by atoms with Crippen molar-refractivity contribution >= 4 is 11.6 Å². The zero-order chi connectivity index (χ0) is 13.1. The second-order valence-corrected chi connectivity index (χ2v) is 5.71. The summed E-state index contributed by atoms with van der Waals surface area (Å²) in [5.74, 6) is 0.287. The fourth-order valence-corrected chi connectivity index (χ4v) is 2.12. The molecule has 0 bridgehead atoms. The lowest BCUT2D eigenvalue weighted by molar-refractivity contribution is 0.487. The van der Waals surface area contributed by atoms with Gasteiger partial charge in [0.2, 0.25) is 0 Å². The number of pyridine rings is 1. The SMILES string of the molecule is CCCCn1c(C(C)(C)C)ccc(CCl)c1=O. The van der Waals surface area contributed by atoms with E-state index in [-0.39, 0.29) is 16.9 Å². The summed E-state index contributed by atoms with van der Waals surface area (Å²) in [7, 11) is 0. The van der Waals surface area contributed by atoms with Gasteiger partial charge in [-0.15, -0.1) is 11.6 Å². The molecule has 0 atom stereocenters. The van der Waals surface area contributed by atoms with Crippen molar-refractivity contribution in [1.82, 2.24) is 4.57 Å². The van der Waals surface area contributed by atoms with E-state index in [2.05, 4.69) is 27.7 Å². The molecule has 96 valence electrons. The molecule has 0 aromatic carbocycles. The summed E-state index contributed by atoms with van der Waals surface area (Å²) in [5.41, 5.74) is 1.83. The Morgan fingerprint density at radius 1 is 1.29 bits per heavy atom. The Morgan fingerprint density at radius 2 is 1.94 bits per heavy atom. The van der Waals surface area contributed by atoms with E-state index in [1.54, 1.807) is 0 Å². The summed E-state index contributed by atoms with van der Waals surface area (Å²) in [6, 6.07) is 3.90. The van der Waals surface area contributed by atoms with Crippen LogP contribution in [0.3, 0.4) is 0 Å². The van der Waals surface area contributed by atoms with Crippen molar-refractivity contribution in [3.63, 3.8) is 0 Å². The van der Waals surface area contributed by atoms with Crippen molar-refractivity contribution < 1.29 is 0 Å². The molecule has 0 unspecified atom stereocenters. The smallest absolute Gasteiger partial charge is 0.255 e. The summed E-state index contributed by atoms with van der Waals surface area (Å²) in [4.78, 5) is 12.3. The van der Waals surface area contributed by atoms with Crippen molar-refractivity contribution in [1.29, 1.82) is 0 Å². The fraction of sp³-hybridized carbons (Fsp3) is 0.643. The van der Waals surface area contributed by atoms with Gasteiger partial charge in [0.05, 0.1) is 5.88 Å². The van der Waals surface area contributed by atoms with E-state index in [1.165, 1.54) is 0 Å². The second-order valence-electron chi connectivity index (χ2n) is 5.44. The van der Waals surface area contributed by atoms with Gasteiger partial charge in [-0.1, -0.05) is 40.2 Å². The first-order valence-corrected chi connectivity index (χ1v) is 6.74. The van der Waals surface area contributed by atoms with Gasteiger partial charge in [0, 0.05) is 23.2 Å². The van der Waals surface area contributed by atoms with E-state index in [9.17, 15) is 4.79 Å². The van der Waals surface area contributed by atoms with Gasteiger partial charge in [0.1, 0.15) is 0 Å². The Morgan fingerprint density at radius 3 is 2.41 bits per heavy atom. The van der Waals surface area contributed by atoms with Crippen molar-refractivity contribution in [2.75, 3.05) is 0 Å². The molecule has 0 spiro atoms. The number of aromatic nitrogens is 1. The molecule has 0 N–H and O–H groups in total. The van der Waals surface area contributed by atoms with E-state index >= 15 is 0 Å². The lowest BCUT2D eigenvalue weighted by Crippen LogP contribution is -2.31. The number of hydrogen-bond donors (Lipinski definition) is 0. The van der Waals surface area contributed by atoms with Crippen LogP contribution in [0.2, 0.25) is 0 Å². The average molecular weight is 256 g/mol. The Kier molecular flexibility index (Phi) is 4.81. The van der Waals surface area contributed by atoms with Crippen LogP contribution in [0.4, 0.5) is 0 Å². The van der Waals surface area contributed by atoms with E-state index in [0.717, 1.165) is 25.1 Å². The third-order valence-electron chi connectivity index (χ3n) is 2.90. The topological polar surface area (TPSA) is 22.0 Å². The fourth-order valence-electron chi connectivity index (χ4n) is 1.92. The van der Waals surface area contributed by atoms with Crippen LogP contribution in [0.25, 0.3) is 0 Å². The Hall–Kier alpha value is -0.760. The Bertz CT molecular complexity index is 429. The molecule has 17 heavy (non-hydrogen) atoms. The van der Waals surface area contributed by atoms with Gasteiger partial charge in [-0.05, 0) is 12.5 Å². The Labute approximate surface area is 109 Å². The van der Waals surface area contributed by atoms with Crippen LogP contribution < -0.4 is 5.56 Å². The van der Waals surface area contributed by atoms with Crippen molar-refractivity contribution in [3.05, 3.63) is 33.7 Å². The molecule has 3 heteroatoms. The molecule has 1 aromatic rings. The molecule has 0 aliphatic rings. The Balaban J connectivity index is 3.31. The second kappa shape index (κ2) is 5.72. The van der Waals surface area contributed by atoms with Crippen LogP contribution >= 0.6 is 11.6 Å². The third-order valence-corrected chi connectivity index (χ3v) is 3.19. The average Bonchev–Trinajstić information content (AvgIpc) is 2.25. The van der Waals surface area contributed by atoms with Crippen molar-refractivity contribution in [3.8, 4) is 0 Å². The van der Waals surface area contributed by atoms with Crippen LogP contribution in [0.5, 0.6) is 0 Å². The quantitative estimate of drug-likeness (QED) is 0.753. The lowest BCUT2D eigenvalue weighted by atomic mass is 9.90. The summed E-state index contributed by atoms with van der Waals surface area (Å²) >= 11 is 5.79. The van der Waals surface area contributed by atoms with E-state index in [4.69, 9.17) is 11.6 Å². The predicted octanol–water partition coefficient (Wildman–Crippen LogP) is 3.68. The summed E-state index contributed by atoms with van der Waals surface area (Å²) in [5, 5.41) is 0. The van der Waals surface area contributed by atoms with Crippen molar-refractivity contribution in [2.45, 2.75) is 58.4 Å². The molecule has 0 aliphatic heterocycles. The van der Waals surface area contributed by atoms with Gasteiger partial charge in [-0.3, -0.25) is 4.79 Å². The number of halogens is 1. The number of nitrogens with zero attached hydrogens (tertiary/aromatic N) is 1. The zero-order valence-corrected chi connectivity index (χ0v) is 12.0. The molecular formula is C14H22ClNO. The van der Waals surface area contributed by atoms with Crippen LogP contribution in [0.1, 0.15) is 51.8 Å². The van der Waals surface area contributed by atoms with Crippen LogP contribution in [0, 0.1) is 0 Å². The first-order chi connectivity index (χ1) is 7.91. The number of rotatable bonds is 4. The van der Waals surface area contributed by atoms with Gasteiger partial charge in [0.15, 0.2) is 0 Å². The standard InChI is InChI=1S/C14H22ClNO/c1-5-6-9-16-12(14(2,3)4)8-7-11(10-15)13(16)17/h7-8H,5-6,9-10H2,1-4H3. The largest absolute Gasteiger partial charge is 0.312 e. The molecule has 0 amide bonds. The number of unbranched alkanes of at least 4 members (excludes halogenated alkanes) is 1. The molecule has 1 aromatic heterocycles. The maximum atomic E-state index is 12.3. The maximum Gasteiger partial charge on any atom is 0.255 e. The van der Waals surface area contributed by atoms with E-state index in [0.29, 0.717) is 5.56 Å². The normalized spacial score (nSPS) is 11.8. The minimum atomic E-state index is -0.0161. The van der Waals surface area contributed by atoms with Gasteiger partial charge in [0.25, 0.3) is 5.56 Å². The number of hydrogen-bond acceptors (Lipinski definition) is 1. The van der Waals surface area contributed by atoms with Gasteiger partial charge in [-0.25, -0.2) is 0 Å². The molecule has 0 fully saturated rings. The van der Waals surface area contributed by atoms with Crippen LogP contribution in [-0.2, 0) is 17.8 Å². The third kappa shape index (κ3) is 3.35. The van der Waals surface area contributed by atoms with E-state index in [1.807, 2.05) is 16.7 Å². The molecule has 0 aliphatic carbocycles. The van der Waals surface area contributed by atoms with Crippen LogP contribution in [-0.4, -0.2) is 4.57 Å². The summed E-state index contributed by atoms with van der Waals surface area (Å²) < 4.78 is 1.89. The first-order valence-electron chi connectivity index (χ1n) is 6.21. The molecule has 0 saturated carbocycles. The maximum absolute atomic E-state index is 12.3. The molecular weight excluding hydrogens is 234 g/mol. The molecule has 0 saturated heterocycles. The highest BCUT2D eigenvalue weighted by molar-refractivity contribution is 6.17. The van der Waals surface area contributed by atoms with Crippen LogP contribution in [0.15, 0.2) is 16.9 Å². The predicted molar refractivity (Wildman–Crippen MR) is 73.9 cm³/mol. The molecule has 2 nitrogen and oxygen atoms in total.